The number of hydrogen-bond donors (Lipinski definition) is 1. The molecule has 0 bridgehead atoms. The summed E-state index contributed by atoms with van der Waals surface area (Å²) in [5, 5.41) is 4.51. The van der Waals surface area contributed by atoms with Gasteiger partial charge < -0.3 is 4.90 Å². The molecular weight excluding hydrogens is 362 g/mol. The van der Waals surface area contributed by atoms with Crippen LogP contribution >= 0.6 is 0 Å². The number of hydrogen-bond acceptors (Lipinski definition) is 5. The topological polar surface area (TPSA) is 70.5 Å². The summed E-state index contributed by atoms with van der Waals surface area (Å²) in [6, 6.07) is 19.8. The van der Waals surface area contributed by atoms with Gasteiger partial charge in [-0.05, 0) is 12.8 Å². The third-order valence-electron chi connectivity index (χ3n) is 5.04. The summed E-state index contributed by atoms with van der Waals surface area (Å²) in [4.78, 5) is 23.5. The van der Waals surface area contributed by atoms with Crippen molar-refractivity contribution in [2.24, 2.45) is 11.0 Å². The lowest BCUT2D eigenvalue weighted by Crippen LogP contribution is -2.42. The molecule has 4 rings (SSSR count). The van der Waals surface area contributed by atoms with E-state index < -0.39 is 0 Å². The molecular formula is C23H23N5O. The summed E-state index contributed by atoms with van der Waals surface area (Å²) in [6.07, 6.45) is 6.84. The number of rotatable bonds is 5. The van der Waals surface area contributed by atoms with Crippen molar-refractivity contribution in [2.75, 3.05) is 18.0 Å². The summed E-state index contributed by atoms with van der Waals surface area (Å²) in [7, 11) is 0. The van der Waals surface area contributed by atoms with Crippen molar-refractivity contribution >= 4 is 17.4 Å². The first-order chi connectivity index (χ1) is 14.3. The number of carbonyl (C=O) groups is 1. The number of benzene rings is 2. The Hall–Kier alpha value is -3.54. The summed E-state index contributed by atoms with van der Waals surface area (Å²) in [6.45, 7) is 1.50. The molecule has 1 N–H and O–H groups in total. The molecule has 1 amide bonds. The Morgan fingerprint density at radius 3 is 2.31 bits per heavy atom. The van der Waals surface area contributed by atoms with Crippen molar-refractivity contribution < 1.29 is 4.79 Å². The van der Waals surface area contributed by atoms with E-state index in [4.69, 9.17) is 0 Å². The Morgan fingerprint density at radius 1 is 1.00 bits per heavy atom. The minimum absolute atomic E-state index is 0.0667. The predicted octanol–water partition coefficient (Wildman–Crippen LogP) is 3.26. The zero-order valence-corrected chi connectivity index (χ0v) is 16.1. The number of amides is 1. The zero-order chi connectivity index (χ0) is 19.9. The Balaban J connectivity index is 1.50. The summed E-state index contributed by atoms with van der Waals surface area (Å²) < 4.78 is 0. The summed E-state index contributed by atoms with van der Waals surface area (Å²) in [5.41, 5.74) is 5.48. The van der Waals surface area contributed by atoms with Crippen LogP contribution in [0.3, 0.4) is 0 Å². The predicted molar refractivity (Wildman–Crippen MR) is 114 cm³/mol. The molecule has 1 unspecified atom stereocenters. The number of hydrazone groups is 1. The highest BCUT2D eigenvalue weighted by molar-refractivity contribution is 6.13. The van der Waals surface area contributed by atoms with Crippen LogP contribution in [0.5, 0.6) is 0 Å². The van der Waals surface area contributed by atoms with Gasteiger partial charge in [-0.15, -0.1) is 0 Å². The lowest BCUT2D eigenvalue weighted by atomic mass is 9.97. The van der Waals surface area contributed by atoms with Crippen molar-refractivity contribution in [2.45, 2.75) is 12.8 Å². The second-order valence-electron chi connectivity index (χ2n) is 7.02. The molecule has 1 aliphatic heterocycles. The third kappa shape index (κ3) is 4.66. The molecule has 1 aliphatic rings. The van der Waals surface area contributed by atoms with Gasteiger partial charge in [0.15, 0.2) is 0 Å². The van der Waals surface area contributed by atoms with Crippen molar-refractivity contribution in [3.05, 3.63) is 90.4 Å². The Bertz CT molecular complexity index is 919. The first kappa shape index (κ1) is 18.8. The van der Waals surface area contributed by atoms with Gasteiger partial charge in [-0.2, -0.15) is 5.10 Å². The summed E-state index contributed by atoms with van der Waals surface area (Å²) in [5.74, 6) is 0.605. The van der Waals surface area contributed by atoms with Crippen LogP contribution in [-0.2, 0) is 4.79 Å². The lowest BCUT2D eigenvalue weighted by molar-refractivity contribution is -0.125. The molecule has 1 aromatic heterocycles. The maximum atomic E-state index is 12.9. The second-order valence-corrected chi connectivity index (χ2v) is 7.02. The van der Waals surface area contributed by atoms with Crippen molar-refractivity contribution in [3.8, 4) is 0 Å². The maximum Gasteiger partial charge on any atom is 0.244 e. The number of nitrogens with one attached hydrogen (secondary N) is 1. The standard InChI is InChI=1S/C23H23N5O/c29-23(20-12-7-15-28(17-20)21-16-24-13-14-25-21)27-26-22(18-8-3-1-4-9-18)19-10-5-2-6-11-19/h1-6,8-11,13-14,16,20H,7,12,15,17H2,(H,27,29). The van der Waals surface area contributed by atoms with Crippen LogP contribution in [-0.4, -0.2) is 34.7 Å². The van der Waals surface area contributed by atoms with E-state index in [0.717, 1.165) is 42.0 Å². The third-order valence-corrected chi connectivity index (χ3v) is 5.04. The van der Waals surface area contributed by atoms with Gasteiger partial charge in [0.1, 0.15) is 5.82 Å². The molecule has 1 saturated heterocycles. The van der Waals surface area contributed by atoms with Crippen LogP contribution in [0.2, 0.25) is 0 Å². The van der Waals surface area contributed by atoms with E-state index in [1.54, 1.807) is 18.6 Å². The average molecular weight is 385 g/mol. The van der Waals surface area contributed by atoms with Gasteiger partial charge in [0, 0.05) is 36.6 Å². The Labute approximate surface area is 170 Å². The molecule has 0 aliphatic carbocycles. The molecule has 3 aromatic rings. The first-order valence-electron chi connectivity index (χ1n) is 9.80. The Morgan fingerprint density at radius 2 is 1.69 bits per heavy atom. The fourth-order valence-corrected chi connectivity index (χ4v) is 3.54. The van der Waals surface area contributed by atoms with Gasteiger partial charge in [0.2, 0.25) is 5.91 Å². The van der Waals surface area contributed by atoms with Crippen LogP contribution in [0.4, 0.5) is 5.82 Å². The minimum Gasteiger partial charge on any atom is -0.355 e. The SMILES string of the molecule is O=C(NN=C(c1ccccc1)c1ccccc1)C1CCCN(c2cnccn2)C1. The molecule has 0 saturated carbocycles. The molecule has 0 radical (unpaired) electrons. The van der Waals surface area contributed by atoms with Crippen molar-refractivity contribution in [3.63, 3.8) is 0 Å². The molecule has 6 heteroatoms. The normalized spacial score (nSPS) is 16.1. The fraction of sp³-hybridized carbons (Fsp3) is 0.217. The molecule has 2 heterocycles. The van der Waals surface area contributed by atoms with Crippen LogP contribution < -0.4 is 10.3 Å². The minimum atomic E-state index is -0.137. The van der Waals surface area contributed by atoms with E-state index in [-0.39, 0.29) is 11.8 Å². The monoisotopic (exact) mass is 385 g/mol. The molecule has 6 nitrogen and oxygen atoms in total. The second kappa shape index (κ2) is 9.10. The number of aromatic nitrogens is 2. The smallest absolute Gasteiger partial charge is 0.244 e. The highest BCUT2D eigenvalue weighted by Crippen LogP contribution is 2.21. The van der Waals surface area contributed by atoms with Crippen molar-refractivity contribution in [1.29, 1.82) is 0 Å². The largest absolute Gasteiger partial charge is 0.355 e. The van der Waals surface area contributed by atoms with E-state index in [1.807, 2.05) is 60.7 Å². The number of piperidine rings is 1. The van der Waals surface area contributed by atoms with E-state index >= 15 is 0 Å². The van der Waals surface area contributed by atoms with Gasteiger partial charge in [-0.3, -0.25) is 9.78 Å². The van der Waals surface area contributed by atoms with E-state index in [0.29, 0.717) is 6.54 Å². The summed E-state index contributed by atoms with van der Waals surface area (Å²) >= 11 is 0. The van der Waals surface area contributed by atoms with E-state index in [2.05, 4.69) is 25.4 Å². The van der Waals surface area contributed by atoms with Gasteiger partial charge in [0.25, 0.3) is 0 Å². The number of nitrogens with zero attached hydrogens (tertiary/aromatic N) is 4. The van der Waals surface area contributed by atoms with Crippen LogP contribution in [0.15, 0.2) is 84.4 Å². The molecule has 0 spiro atoms. The first-order valence-corrected chi connectivity index (χ1v) is 9.80. The maximum absolute atomic E-state index is 12.9. The molecule has 1 atom stereocenters. The fourth-order valence-electron chi connectivity index (χ4n) is 3.54. The molecule has 1 fully saturated rings. The number of anilines is 1. The van der Waals surface area contributed by atoms with Crippen molar-refractivity contribution in [1.82, 2.24) is 15.4 Å². The van der Waals surface area contributed by atoms with Gasteiger partial charge in [-0.1, -0.05) is 60.7 Å². The lowest BCUT2D eigenvalue weighted by Gasteiger charge is -2.32. The van der Waals surface area contributed by atoms with Crippen LogP contribution in [0.25, 0.3) is 0 Å². The quantitative estimate of drug-likeness (QED) is 0.541. The van der Waals surface area contributed by atoms with Crippen LogP contribution in [0, 0.1) is 5.92 Å². The Kier molecular flexibility index (Phi) is 5.90. The van der Waals surface area contributed by atoms with Gasteiger partial charge in [-0.25, -0.2) is 10.4 Å². The van der Waals surface area contributed by atoms with Gasteiger partial charge >= 0.3 is 0 Å². The molecule has 29 heavy (non-hydrogen) atoms. The van der Waals surface area contributed by atoms with E-state index in [9.17, 15) is 4.79 Å². The molecule has 2 aromatic carbocycles. The average Bonchev–Trinajstić information content (AvgIpc) is 2.81. The highest BCUT2D eigenvalue weighted by Gasteiger charge is 2.26. The number of carbonyl (C=O) groups excluding carboxylic acids is 1. The zero-order valence-electron chi connectivity index (χ0n) is 16.1. The van der Waals surface area contributed by atoms with E-state index in [1.165, 1.54) is 0 Å². The highest BCUT2D eigenvalue weighted by atomic mass is 16.2. The van der Waals surface area contributed by atoms with Crippen LogP contribution in [0.1, 0.15) is 24.0 Å². The van der Waals surface area contributed by atoms with Gasteiger partial charge in [0.05, 0.1) is 17.8 Å². The molecule has 146 valence electrons.